The highest BCUT2D eigenvalue weighted by atomic mass is 127. The van der Waals surface area contributed by atoms with Crippen LogP contribution in [0.2, 0.25) is 0 Å². The number of hydrogen-bond donors (Lipinski definition) is 2. The lowest BCUT2D eigenvalue weighted by atomic mass is 10.1. The number of benzene rings is 2. The number of carbonyl (C=O) groups is 1. The first-order valence-corrected chi connectivity index (χ1v) is 9.36. The van der Waals surface area contributed by atoms with Gasteiger partial charge in [0.15, 0.2) is 5.96 Å². The number of nitrogens with zero attached hydrogens (tertiary/aromatic N) is 2. The summed E-state index contributed by atoms with van der Waals surface area (Å²) in [5.74, 6) is 0.773. The number of aliphatic imine (C=N–C) groups is 1. The number of amides is 1. The van der Waals surface area contributed by atoms with Crippen LogP contribution in [0.25, 0.3) is 0 Å². The molecule has 2 aromatic rings. The monoisotopic (exact) mass is 544 g/mol. The SMILES string of the molecule is CCNC(=NCc1cccc(Br)c1)NCc1ccc(C(=O)N(C)C)cc1.I. The molecule has 2 aromatic carbocycles. The normalized spacial score (nSPS) is 10.7. The summed E-state index contributed by atoms with van der Waals surface area (Å²) < 4.78 is 1.05. The largest absolute Gasteiger partial charge is 0.357 e. The van der Waals surface area contributed by atoms with Gasteiger partial charge in [-0.2, -0.15) is 0 Å². The summed E-state index contributed by atoms with van der Waals surface area (Å²) in [7, 11) is 3.50. The van der Waals surface area contributed by atoms with Crippen LogP contribution in [0.5, 0.6) is 0 Å². The van der Waals surface area contributed by atoms with Crippen molar-refractivity contribution < 1.29 is 4.79 Å². The summed E-state index contributed by atoms with van der Waals surface area (Å²) in [6.07, 6.45) is 0. The number of halogens is 2. The zero-order valence-corrected chi connectivity index (χ0v) is 19.7. The Balaban J connectivity index is 0.00000364. The van der Waals surface area contributed by atoms with Crippen molar-refractivity contribution in [1.29, 1.82) is 0 Å². The van der Waals surface area contributed by atoms with Gasteiger partial charge in [-0.3, -0.25) is 4.79 Å². The predicted molar refractivity (Wildman–Crippen MR) is 126 cm³/mol. The highest BCUT2D eigenvalue weighted by Crippen LogP contribution is 2.12. The van der Waals surface area contributed by atoms with Crippen molar-refractivity contribution in [3.05, 3.63) is 69.7 Å². The summed E-state index contributed by atoms with van der Waals surface area (Å²) in [6.45, 7) is 4.07. The van der Waals surface area contributed by atoms with Gasteiger partial charge < -0.3 is 15.5 Å². The molecule has 0 heterocycles. The van der Waals surface area contributed by atoms with Gasteiger partial charge in [0.05, 0.1) is 6.54 Å². The molecule has 2 N–H and O–H groups in total. The minimum Gasteiger partial charge on any atom is -0.357 e. The Hall–Kier alpha value is -1.61. The zero-order valence-electron chi connectivity index (χ0n) is 15.8. The molecule has 0 bridgehead atoms. The van der Waals surface area contributed by atoms with Gasteiger partial charge in [0.1, 0.15) is 0 Å². The molecule has 0 saturated carbocycles. The highest BCUT2D eigenvalue weighted by Gasteiger charge is 2.07. The molecule has 5 nitrogen and oxygen atoms in total. The molecule has 1 amide bonds. The van der Waals surface area contributed by atoms with Gasteiger partial charge in [-0.15, -0.1) is 24.0 Å². The molecule has 0 unspecified atom stereocenters. The summed E-state index contributed by atoms with van der Waals surface area (Å²) in [5.41, 5.74) is 2.92. The van der Waals surface area contributed by atoms with Crippen molar-refractivity contribution in [2.45, 2.75) is 20.0 Å². The molecule has 27 heavy (non-hydrogen) atoms. The minimum absolute atomic E-state index is 0. The molecule has 0 fully saturated rings. The highest BCUT2D eigenvalue weighted by molar-refractivity contribution is 14.0. The third kappa shape index (κ3) is 7.88. The van der Waals surface area contributed by atoms with E-state index in [2.05, 4.69) is 43.7 Å². The van der Waals surface area contributed by atoms with Gasteiger partial charge in [0.2, 0.25) is 0 Å². The van der Waals surface area contributed by atoms with Crippen LogP contribution in [-0.2, 0) is 13.1 Å². The number of rotatable bonds is 6. The lowest BCUT2D eigenvalue weighted by molar-refractivity contribution is 0.0827. The van der Waals surface area contributed by atoms with E-state index in [0.717, 1.165) is 28.1 Å². The Kier molecular flexibility index (Phi) is 10.4. The second-order valence-electron chi connectivity index (χ2n) is 6.08. The van der Waals surface area contributed by atoms with Crippen molar-refractivity contribution >= 4 is 51.8 Å². The number of guanidine groups is 1. The van der Waals surface area contributed by atoms with Crippen molar-refractivity contribution in [3.63, 3.8) is 0 Å². The number of hydrogen-bond acceptors (Lipinski definition) is 2. The lowest BCUT2D eigenvalue weighted by Crippen LogP contribution is -2.36. The smallest absolute Gasteiger partial charge is 0.253 e. The Morgan fingerprint density at radius 2 is 1.78 bits per heavy atom. The maximum Gasteiger partial charge on any atom is 0.253 e. The van der Waals surface area contributed by atoms with E-state index in [1.54, 1.807) is 19.0 Å². The first-order valence-electron chi connectivity index (χ1n) is 8.57. The Labute approximate surface area is 186 Å². The second kappa shape index (κ2) is 12.0. The van der Waals surface area contributed by atoms with Gasteiger partial charge in [-0.25, -0.2) is 4.99 Å². The molecule has 0 aliphatic heterocycles. The van der Waals surface area contributed by atoms with Crippen LogP contribution in [0, 0.1) is 0 Å². The number of nitrogens with one attached hydrogen (secondary N) is 2. The fourth-order valence-corrected chi connectivity index (χ4v) is 2.80. The average molecular weight is 545 g/mol. The van der Waals surface area contributed by atoms with E-state index >= 15 is 0 Å². The molecule has 0 radical (unpaired) electrons. The van der Waals surface area contributed by atoms with Gasteiger partial charge >= 0.3 is 0 Å². The Morgan fingerprint density at radius 1 is 1.07 bits per heavy atom. The summed E-state index contributed by atoms with van der Waals surface area (Å²) in [4.78, 5) is 18.1. The van der Waals surface area contributed by atoms with Crippen LogP contribution in [-0.4, -0.2) is 37.4 Å². The van der Waals surface area contributed by atoms with Crippen LogP contribution >= 0.6 is 39.9 Å². The van der Waals surface area contributed by atoms with Crippen LogP contribution in [0.1, 0.15) is 28.4 Å². The zero-order chi connectivity index (χ0) is 18.9. The Bertz CT molecular complexity index is 763. The summed E-state index contributed by atoms with van der Waals surface area (Å²) in [5, 5.41) is 6.57. The molecule has 7 heteroatoms. The van der Waals surface area contributed by atoms with Crippen molar-refractivity contribution in [2.75, 3.05) is 20.6 Å². The van der Waals surface area contributed by atoms with Gasteiger partial charge in [0.25, 0.3) is 5.91 Å². The molecule has 0 saturated heterocycles. The maximum absolute atomic E-state index is 11.9. The summed E-state index contributed by atoms with van der Waals surface area (Å²) in [6, 6.07) is 15.7. The molecule has 0 atom stereocenters. The molecule has 0 aliphatic rings. The van der Waals surface area contributed by atoms with E-state index in [1.165, 1.54) is 0 Å². The topological polar surface area (TPSA) is 56.7 Å². The van der Waals surface area contributed by atoms with Crippen LogP contribution in [0.3, 0.4) is 0 Å². The average Bonchev–Trinajstić information content (AvgIpc) is 2.64. The molecule has 2 rings (SSSR count). The van der Waals surface area contributed by atoms with E-state index in [-0.39, 0.29) is 29.9 Å². The van der Waals surface area contributed by atoms with Crippen LogP contribution in [0.4, 0.5) is 0 Å². The van der Waals surface area contributed by atoms with E-state index in [9.17, 15) is 4.79 Å². The first kappa shape index (κ1) is 23.4. The molecular formula is C20H26BrIN4O. The van der Waals surface area contributed by atoms with Crippen molar-refractivity contribution in [1.82, 2.24) is 15.5 Å². The van der Waals surface area contributed by atoms with Crippen molar-refractivity contribution in [2.24, 2.45) is 4.99 Å². The van der Waals surface area contributed by atoms with Crippen molar-refractivity contribution in [3.8, 4) is 0 Å². The predicted octanol–water partition coefficient (Wildman–Crippen LogP) is 4.02. The minimum atomic E-state index is 0. The maximum atomic E-state index is 11.9. The third-order valence-corrected chi connectivity index (χ3v) is 4.21. The molecule has 0 aromatic heterocycles. The van der Waals surface area contributed by atoms with Gasteiger partial charge in [-0.05, 0) is 42.3 Å². The Morgan fingerprint density at radius 3 is 2.37 bits per heavy atom. The van der Waals surface area contributed by atoms with E-state index in [0.29, 0.717) is 18.7 Å². The quantitative estimate of drug-likeness (QED) is 0.328. The van der Waals surface area contributed by atoms with E-state index < -0.39 is 0 Å². The molecular weight excluding hydrogens is 519 g/mol. The van der Waals surface area contributed by atoms with E-state index in [4.69, 9.17) is 0 Å². The molecule has 0 spiro atoms. The van der Waals surface area contributed by atoms with E-state index in [1.807, 2.05) is 43.3 Å². The van der Waals surface area contributed by atoms with Crippen LogP contribution < -0.4 is 10.6 Å². The lowest BCUT2D eigenvalue weighted by Gasteiger charge is -2.13. The fraction of sp³-hybridized carbons (Fsp3) is 0.300. The van der Waals surface area contributed by atoms with Crippen LogP contribution in [0.15, 0.2) is 58.0 Å². The second-order valence-corrected chi connectivity index (χ2v) is 6.99. The summed E-state index contributed by atoms with van der Waals surface area (Å²) >= 11 is 3.48. The molecule has 146 valence electrons. The first-order chi connectivity index (χ1) is 12.5. The van der Waals surface area contributed by atoms with Gasteiger partial charge in [0, 0.05) is 37.2 Å². The standard InChI is InChI=1S/C20H25BrN4O.HI/c1-4-22-20(24-14-16-6-5-7-18(21)12-16)23-13-15-8-10-17(11-9-15)19(26)25(2)3;/h5-12H,4,13-14H2,1-3H3,(H2,22,23,24);1H. The fourth-order valence-electron chi connectivity index (χ4n) is 2.36. The molecule has 0 aliphatic carbocycles. The number of carbonyl (C=O) groups excluding carboxylic acids is 1. The van der Waals surface area contributed by atoms with Gasteiger partial charge in [-0.1, -0.05) is 40.2 Å². The third-order valence-electron chi connectivity index (χ3n) is 3.72.